The molecule has 0 atom stereocenters. The molecule has 0 aromatic carbocycles. The maximum Gasteiger partial charge on any atom is 0.394 e. The van der Waals surface area contributed by atoms with E-state index < -0.39 is 11.9 Å². The summed E-state index contributed by atoms with van der Waals surface area (Å²) in [4.78, 5) is 19.4. The van der Waals surface area contributed by atoms with Gasteiger partial charge in [0.05, 0.1) is 6.20 Å². The quantitative estimate of drug-likeness (QED) is 0.739. The van der Waals surface area contributed by atoms with Gasteiger partial charge in [0.2, 0.25) is 5.82 Å². The Morgan fingerprint density at radius 3 is 3.12 bits per heavy atom. The second-order valence-corrected chi connectivity index (χ2v) is 4.20. The summed E-state index contributed by atoms with van der Waals surface area (Å²) in [6.07, 6.45) is 1.59. The number of aromatic carboxylic acids is 1. The van der Waals surface area contributed by atoms with Crippen molar-refractivity contribution in [3.63, 3.8) is 0 Å². The second-order valence-electron chi connectivity index (χ2n) is 3.37. The Morgan fingerprint density at radius 2 is 2.41 bits per heavy atom. The molecule has 86 valence electrons. The van der Waals surface area contributed by atoms with Gasteiger partial charge in [-0.15, -0.1) is 11.3 Å². The fourth-order valence-electron chi connectivity index (χ4n) is 1.52. The van der Waals surface area contributed by atoms with Gasteiger partial charge < -0.3 is 9.63 Å². The van der Waals surface area contributed by atoms with Crippen molar-refractivity contribution in [2.75, 3.05) is 0 Å². The van der Waals surface area contributed by atoms with Crippen LogP contribution in [0.25, 0.3) is 16.5 Å². The third-order valence-corrected chi connectivity index (χ3v) is 3.21. The molecule has 3 aromatic rings. The van der Waals surface area contributed by atoms with Gasteiger partial charge in [-0.1, -0.05) is 5.16 Å². The van der Waals surface area contributed by atoms with Gasteiger partial charge in [0.1, 0.15) is 5.69 Å². The summed E-state index contributed by atoms with van der Waals surface area (Å²) >= 11 is 1.49. The first-order valence-electron chi connectivity index (χ1n) is 4.66. The van der Waals surface area contributed by atoms with Crippen molar-refractivity contribution in [1.82, 2.24) is 19.5 Å². The third-order valence-electron chi connectivity index (χ3n) is 2.26. The number of fused-ring (bicyclic) bond motifs is 1. The molecule has 0 fully saturated rings. The first-order valence-corrected chi connectivity index (χ1v) is 5.53. The topological polar surface area (TPSA) is 93.5 Å². The minimum Gasteiger partial charge on any atom is -0.474 e. The Bertz CT molecular complexity index is 711. The zero-order valence-electron chi connectivity index (χ0n) is 8.62. The highest BCUT2D eigenvalue weighted by atomic mass is 32.1. The van der Waals surface area contributed by atoms with Crippen LogP contribution in [0, 0.1) is 6.92 Å². The van der Waals surface area contributed by atoms with Crippen LogP contribution >= 0.6 is 11.3 Å². The number of aromatic nitrogens is 4. The number of hydrogen-bond acceptors (Lipinski definition) is 6. The second kappa shape index (κ2) is 3.39. The van der Waals surface area contributed by atoms with Crippen molar-refractivity contribution in [2.24, 2.45) is 0 Å². The minimum absolute atomic E-state index is 0.219. The Hall–Kier alpha value is -2.22. The van der Waals surface area contributed by atoms with Gasteiger partial charge in [0.25, 0.3) is 0 Å². The molecule has 0 amide bonds. The summed E-state index contributed by atoms with van der Waals surface area (Å²) in [7, 11) is 0. The Morgan fingerprint density at radius 1 is 1.59 bits per heavy atom. The van der Waals surface area contributed by atoms with Crippen LogP contribution in [0.2, 0.25) is 0 Å². The molecule has 7 nitrogen and oxygen atoms in total. The molecule has 0 aliphatic heterocycles. The lowest BCUT2D eigenvalue weighted by Crippen LogP contribution is -1.96. The van der Waals surface area contributed by atoms with Crippen molar-refractivity contribution in [1.29, 1.82) is 0 Å². The van der Waals surface area contributed by atoms with E-state index in [0.717, 1.165) is 10.7 Å². The van der Waals surface area contributed by atoms with E-state index in [9.17, 15) is 4.79 Å². The van der Waals surface area contributed by atoms with E-state index in [-0.39, 0.29) is 5.82 Å². The number of thiazole rings is 1. The lowest BCUT2D eigenvalue weighted by molar-refractivity contribution is 0.0643. The molecule has 0 bridgehead atoms. The van der Waals surface area contributed by atoms with Crippen LogP contribution in [0.1, 0.15) is 16.4 Å². The van der Waals surface area contributed by atoms with Gasteiger partial charge in [-0.25, -0.2) is 9.78 Å². The third kappa shape index (κ3) is 1.41. The molecule has 1 N–H and O–H groups in total. The van der Waals surface area contributed by atoms with Crippen molar-refractivity contribution < 1.29 is 14.4 Å². The SMILES string of the molecule is Cc1csc2ncc(-c3noc(C(=O)O)n3)n12. The molecular weight excluding hydrogens is 244 g/mol. The average molecular weight is 250 g/mol. The lowest BCUT2D eigenvalue weighted by atomic mass is 10.4. The molecule has 0 spiro atoms. The van der Waals surface area contributed by atoms with Gasteiger partial charge in [0, 0.05) is 11.1 Å². The highest BCUT2D eigenvalue weighted by Crippen LogP contribution is 2.23. The smallest absolute Gasteiger partial charge is 0.394 e. The van der Waals surface area contributed by atoms with E-state index in [1.165, 1.54) is 11.3 Å². The molecule has 0 unspecified atom stereocenters. The van der Waals surface area contributed by atoms with E-state index in [1.807, 2.05) is 16.7 Å². The maximum absolute atomic E-state index is 10.6. The molecule has 3 aromatic heterocycles. The summed E-state index contributed by atoms with van der Waals surface area (Å²) in [5.74, 6) is -1.45. The van der Waals surface area contributed by atoms with Crippen molar-refractivity contribution in [3.8, 4) is 11.5 Å². The van der Waals surface area contributed by atoms with Crippen LogP contribution in [0.5, 0.6) is 0 Å². The highest BCUT2D eigenvalue weighted by molar-refractivity contribution is 7.15. The highest BCUT2D eigenvalue weighted by Gasteiger charge is 2.18. The van der Waals surface area contributed by atoms with Gasteiger partial charge in [0.15, 0.2) is 4.96 Å². The molecule has 3 heterocycles. The normalized spacial score (nSPS) is 11.1. The number of carboxylic acids is 1. The number of aryl methyl sites for hydroxylation is 1. The zero-order chi connectivity index (χ0) is 12.0. The average Bonchev–Trinajstić information content (AvgIpc) is 2.95. The number of carbonyl (C=O) groups is 1. The van der Waals surface area contributed by atoms with E-state index >= 15 is 0 Å². The Kier molecular flexibility index (Phi) is 1.99. The van der Waals surface area contributed by atoms with Gasteiger partial charge >= 0.3 is 11.9 Å². The number of carboxylic acid groups (broad SMARTS) is 1. The van der Waals surface area contributed by atoms with E-state index in [0.29, 0.717) is 5.69 Å². The van der Waals surface area contributed by atoms with Crippen molar-refractivity contribution >= 4 is 22.3 Å². The first-order chi connectivity index (χ1) is 8.16. The van der Waals surface area contributed by atoms with Crippen LogP contribution in [0.15, 0.2) is 16.1 Å². The molecule has 0 saturated heterocycles. The predicted octanol–water partition coefficient (Wildman–Crippen LogP) is 1.45. The predicted molar refractivity (Wildman–Crippen MR) is 58.1 cm³/mol. The van der Waals surface area contributed by atoms with E-state index in [2.05, 4.69) is 19.6 Å². The standard InChI is InChI=1S/C9H6N4O3S/c1-4-3-17-9-10-2-5(13(4)9)6-11-7(8(14)15)16-12-6/h2-3H,1H3,(H,14,15). The molecule has 0 saturated carbocycles. The molecule has 0 radical (unpaired) electrons. The molecule has 0 aliphatic carbocycles. The van der Waals surface area contributed by atoms with Crippen LogP contribution in [-0.2, 0) is 0 Å². The Balaban J connectivity index is 2.19. The number of rotatable bonds is 2. The van der Waals surface area contributed by atoms with Gasteiger partial charge in [-0.3, -0.25) is 4.40 Å². The molecule has 3 rings (SSSR count). The first kappa shape index (κ1) is 9.97. The maximum atomic E-state index is 10.6. The largest absolute Gasteiger partial charge is 0.474 e. The molecule has 8 heteroatoms. The monoisotopic (exact) mass is 250 g/mol. The number of nitrogens with zero attached hydrogens (tertiary/aromatic N) is 4. The van der Waals surface area contributed by atoms with Gasteiger partial charge in [-0.2, -0.15) is 4.98 Å². The number of hydrogen-bond donors (Lipinski definition) is 1. The molecule has 0 aliphatic rings. The van der Waals surface area contributed by atoms with E-state index in [1.54, 1.807) is 6.20 Å². The minimum atomic E-state index is -1.24. The molecular formula is C9H6N4O3S. The van der Waals surface area contributed by atoms with E-state index in [4.69, 9.17) is 5.11 Å². The summed E-state index contributed by atoms with van der Waals surface area (Å²) in [5, 5.41) is 14.3. The zero-order valence-corrected chi connectivity index (χ0v) is 9.43. The summed E-state index contributed by atoms with van der Waals surface area (Å²) in [6, 6.07) is 0. The lowest BCUT2D eigenvalue weighted by Gasteiger charge is -1.93. The molecule has 17 heavy (non-hydrogen) atoms. The fraction of sp³-hybridized carbons (Fsp3) is 0.111. The van der Waals surface area contributed by atoms with Crippen LogP contribution < -0.4 is 0 Å². The fourth-order valence-corrected chi connectivity index (χ4v) is 2.36. The van der Waals surface area contributed by atoms with Crippen LogP contribution in [-0.4, -0.2) is 30.6 Å². The summed E-state index contributed by atoms with van der Waals surface area (Å²) in [5.41, 5.74) is 1.61. The van der Waals surface area contributed by atoms with Gasteiger partial charge in [-0.05, 0) is 6.92 Å². The summed E-state index contributed by atoms with van der Waals surface area (Å²) in [6.45, 7) is 1.92. The van der Waals surface area contributed by atoms with Crippen molar-refractivity contribution in [2.45, 2.75) is 6.92 Å². The van der Waals surface area contributed by atoms with Crippen molar-refractivity contribution in [3.05, 3.63) is 23.2 Å². The summed E-state index contributed by atoms with van der Waals surface area (Å²) < 4.78 is 6.47. The van der Waals surface area contributed by atoms with Crippen LogP contribution in [0.3, 0.4) is 0 Å². The van der Waals surface area contributed by atoms with Crippen LogP contribution in [0.4, 0.5) is 0 Å². The number of imidazole rings is 1. The Labute approximate surface area is 98.3 Å².